The fourth-order valence-electron chi connectivity index (χ4n) is 2.92. The van der Waals surface area contributed by atoms with Gasteiger partial charge in [0.05, 0.1) is 11.0 Å². The van der Waals surface area contributed by atoms with Crippen LogP contribution in [0.25, 0.3) is 0 Å². The molecule has 1 unspecified atom stereocenters. The second-order valence-corrected chi connectivity index (χ2v) is 6.11. The van der Waals surface area contributed by atoms with Gasteiger partial charge in [0.15, 0.2) is 11.5 Å². The summed E-state index contributed by atoms with van der Waals surface area (Å²) < 4.78 is 10.8. The van der Waals surface area contributed by atoms with Gasteiger partial charge in [0.2, 0.25) is 6.79 Å². The molecule has 1 atom stereocenters. The highest BCUT2D eigenvalue weighted by molar-refractivity contribution is 7.80. The molecule has 2 aliphatic heterocycles. The molecule has 4 nitrogen and oxygen atoms in total. The van der Waals surface area contributed by atoms with Gasteiger partial charge in [0, 0.05) is 0 Å². The van der Waals surface area contributed by atoms with E-state index in [4.69, 9.17) is 27.4 Å². The molecule has 1 fully saturated rings. The molecule has 1 aromatic rings. The Morgan fingerprint density at radius 3 is 2.70 bits per heavy atom. The molecule has 0 aromatic heterocycles. The minimum Gasteiger partial charge on any atom is -0.454 e. The Bertz CT molecular complexity index is 513. The lowest BCUT2D eigenvalue weighted by Crippen LogP contribution is -2.41. The first-order valence-corrected chi connectivity index (χ1v) is 7.49. The standard InChI is InChI=1S/C15H20N2O2S/c1-10-4-6-17(7-5-10)14(15(16)20)11-2-3-12-13(8-11)19-9-18-12/h2-3,8,10,14H,4-7,9H2,1H3,(H2,16,20). The van der Waals surface area contributed by atoms with E-state index in [1.54, 1.807) is 0 Å². The smallest absolute Gasteiger partial charge is 0.231 e. The Kier molecular flexibility index (Phi) is 3.81. The topological polar surface area (TPSA) is 47.7 Å². The van der Waals surface area contributed by atoms with Gasteiger partial charge in [-0.15, -0.1) is 0 Å². The summed E-state index contributed by atoms with van der Waals surface area (Å²) in [5.41, 5.74) is 7.09. The van der Waals surface area contributed by atoms with Crippen molar-refractivity contribution >= 4 is 17.2 Å². The van der Waals surface area contributed by atoms with Crippen LogP contribution in [-0.4, -0.2) is 29.8 Å². The number of fused-ring (bicyclic) bond motifs is 1. The van der Waals surface area contributed by atoms with E-state index in [-0.39, 0.29) is 12.8 Å². The molecular weight excluding hydrogens is 272 g/mol. The highest BCUT2D eigenvalue weighted by atomic mass is 32.1. The van der Waals surface area contributed by atoms with Crippen molar-refractivity contribution in [2.24, 2.45) is 11.7 Å². The van der Waals surface area contributed by atoms with Crippen LogP contribution < -0.4 is 15.2 Å². The minimum absolute atomic E-state index is 0.00741. The Balaban J connectivity index is 1.85. The van der Waals surface area contributed by atoms with E-state index in [1.807, 2.05) is 18.2 Å². The zero-order valence-electron chi connectivity index (χ0n) is 11.7. The van der Waals surface area contributed by atoms with Crippen LogP contribution in [0.3, 0.4) is 0 Å². The molecule has 2 N–H and O–H groups in total. The average molecular weight is 292 g/mol. The molecule has 5 heteroatoms. The maximum Gasteiger partial charge on any atom is 0.231 e. The lowest BCUT2D eigenvalue weighted by molar-refractivity contribution is 0.169. The first kappa shape index (κ1) is 13.6. The summed E-state index contributed by atoms with van der Waals surface area (Å²) in [4.78, 5) is 2.90. The van der Waals surface area contributed by atoms with E-state index >= 15 is 0 Å². The first-order valence-electron chi connectivity index (χ1n) is 7.08. The summed E-state index contributed by atoms with van der Waals surface area (Å²) in [5.74, 6) is 2.37. The van der Waals surface area contributed by atoms with E-state index < -0.39 is 0 Å². The number of piperidine rings is 1. The van der Waals surface area contributed by atoms with Crippen molar-refractivity contribution in [3.63, 3.8) is 0 Å². The number of nitrogens with zero attached hydrogens (tertiary/aromatic N) is 1. The van der Waals surface area contributed by atoms with Crippen LogP contribution in [0.4, 0.5) is 0 Å². The lowest BCUT2D eigenvalue weighted by atomic mass is 9.95. The van der Waals surface area contributed by atoms with Crippen LogP contribution in [0.15, 0.2) is 18.2 Å². The number of nitrogens with two attached hydrogens (primary N) is 1. The fourth-order valence-corrected chi connectivity index (χ4v) is 3.21. The Labute approximate surface area is 124 Å². The third-order valence-corrected chi connectivity index (χ3v) is 4.39. The van der Waals surface area contributed by atoms with Gasteiger partial charge in [0.1, 0.15) is 0 Å². The Morgan fingerprint density at radius 2 is 2.00 bits per heavy atom. The van der Waals surface area contributed by atoms with E-state index in [0.717, 1.165) is 36.1 Å². The Morgan fingerprint density at radius 1 is 1.30 bits per heavy atom. The van der Waals surface area contributed by atoms with Crippen LogP contribution in [0.2, 0.25) is 0 Å². The van der Waals surface area contributed by atoms with Gasteiger partial charge in [-0.05, 0) is 49.5 Å². The van der Waals surface area contributed by atoms with Crippen molar-refractivity contribution in [2.75, 3.05) is 19.9 Å². The van der Waals surface area contributed by atoms with E-state index in [0.29, 0.717) is 4.99 Å². The number of thiocarbonyl (C=S) groups is 1. The Hall–Kier alpha value is -1.33. The SMILES string of the molecule is CC1CCN(C(C(N)=S)c2ccc3c(c2)OCO3)CC1. The van der Waals surface area contributed by atoms with Gasteiger partial charge in [0.25, 0.3) is 0 Å². The third kappa shape index (κ3) is 2.60. The molecule has 1 saturated heterocycles. The molecular formula is C15H20N2O2S. The molecule has 2 heterocycles. The monoisotopic (exact) mass is 292 g/mol. The zero-order chi connectivity index (χ0) is 14.1. The van der Waals surface area contributed by atoms with Crippen molar-refractivity contribution in [3.8, 4) is 11.5 Å². The predicted molar refractivity (Wildman–Crippen MR) is 82.1 cm³/mol. The molecule has 3 rings (SSSR count). The maximum absolute atomic E-state index is 6.00. The van der Waals surface area contributed by atoms with E-state index in [9.17, 15) is 0 Å². The van der Waals surface area contributed by atoms with Gasteiger partial charge in [-0.2, -0.15) is 0 Å². The minimum atomic E-state index is -0.00741. The highest BCUT2D eigenvalue weighted by Crippen LogP contribution is 2.36. The molecule has 108 valence electrons. The molecule has 1 aromatic carbocycles. The average Bonchev–Trinajstić information content (AvgIpc) is 2.88. The second kappa shape index (κ2) is 5.58. The molecule has 0 aliphatic carbocycles. The second-order valence-electron chi connectivity index (χ2n) is 5.64. The van der Waals surface area contributed by atoms with Crippen LogP contribution >= 0.6 is 12.2 Å². The lowest BCUT2D eigenvalue weighted by Gasteiger charge is -2.36. The number of rotatable bonds is 3. The van der Waals surface area contributed by atoms with Gasteiger partial charge in [-0.25, -0.2) is 0 Å². The molecule has 0 bridgehead atoms. The summed E-state index contributed by atoms with van der Waals surface area (Å²) in [7, 11) is 0. The molecule has 2 aliphatic rings. The summed E-state index contributed by atoms with van der Waals surface area (Å²) >= 11 is 5.30. The third-order valence-electron chi connectivity index (χ3n) is 4.17. The van der Waals surface area contributed by atoms with Crippen molar-refractivity contribution in [1.29, 1.82) is 0 Å². The number of benzene rings is 1. The van der Waals surface area contributed by atoms with Crippen molar-refractivity contribution in [1.82, 2.24) is 4.90 Å². The number of ether oxygens (including phenoxy) is 2. The largest absolute Gasteiger partial charge is 0.454 e. The van der Waals surface area contributed by atoms with Crippen LogP contribution in [0.1, 0.15) is 31.4 Å². The van der Waals surface area contributed by atoms with Gasteiger partial charge < -0.3 is 15.2 Å². The van der Waals surface area contributed by atoms with E-state index in [2.05, 4.69) is 11.8 Å². The van der Waals surface area contributed by atoms with Crippen LogP contribution in [0.5, 0.6) is 11.5 Å². The molecule has 0 saturated carbocycles. The number of likely N-dealkylation sites (tertiary alicyclic amines) is 1. The fraction of sp³-hybridized carbons (Fsp3) is 0.533. The first-order chi connectivity index (χ1) is 9.65. The van der Waals surface area contributed by atoms with Crippen molar-refractivity contribution in [2.45, 2.75) is 25.8 Å². The van der Waals surface area contributed by atoms with Crippen LogP contribution in [0, 0.1) is 5.92 Å². The van der Waals surface area contributed by atoms with E-state index in [1.165, 1.54) is 12.8 Å². The molecule has 0 amide bonds. The van der Waals surface area contributed by atoms with Gasteiger partial charge in [-0.1, -0.05) is 25.2 Å². The number of hydrogen-bond acceptors (Lipinski definition) is 4. The summed E-state index contributed by atoms with van der Waals surface area (Å²) in [6.45, 7) is 4.67. The maximum atomic E-state index is 6.00. The molecule has 0 spiro atoms. The summed E-state index contributed by atoms with van der Waals surface area (Å²) in [6, 6.07) is 5.97. The van der Waals surface area contributed by atoms with Crippen LogP contribution in [-0.2, 0) is 0 Å². The molecule has 0 radical (unpaired) electrons. The quantitative estimate of drug-likeness (QED) is 0.867. The normalized spacial score (nSPS) is 20.9. The van der Waals surface area contributed by atoms with Gasteiger partial charge in [-0.3, -0.25) is 4.90 Å². The zero-order valence-corrected chi connectivity index (χ0v) is 12.5. The van der Waals surface area contributed by atoms with Gasteiger partial charge >= 0.3 is 0 Å². The summed E-state index contributed by atoms with van der Waals surface area (Å²) in [6.07, 6.45) is 2.40. The van der Waals surface area contributed by atoms with Crippen molar-refractivity contribution in [3.05, 3.63) is 23.8 Å². The van der Waals surface area contributed by atoms with Crippen molar-refractivity contribution < 1.29 is 9.47 Å². The molecule has 20 heavy (non-hydrogen) atoms. The highest BCUT2D eigenvalue weighted by Gasteiger charge is 2.28. The predicted octanol–water partition coefficient (Wildman–Crippen LogP) is 2.47. The summed E-state index contributed by atoms with van der Waals surface area (Å²) in [5, 5.41) is 0. The number of hydrogen-bond donors (Lipinski definition) is 1.